The zero-order chi connectivity index (χ0) is 9.84. The summed E-state index contributed by atoms with van der Waals surface area (Å²) in [5, 5.41) is 8.74. The molecular formula is C10H13NO2. The van der Waals surface area contributed by atoms with Crippen LogP contribution in [0.15, 0.2) is 24.3 Å². The summed E-state index contributed by atoms with van der Waals surface area (Å²) < 4.78 is 0. The molecule has 1 aromatic carbocycles. The van der Waals surface area contributed by atoms with Gasteiger partial charge < -0.3 is 10.8 Å². The second kappa shape index (κ2) is 4.05. The number of aliphatic carboxylic acids is 1. The molecule has 70 valence electrons. The Morgan fingerprint density at radius 2 is 2.00 bits per heavy atom. The molecule has 1 aromatic rings. The van der Waals surface area contributed by atoms with Gasteiger partial charge in [-0.05, 0) is 18.1 Å². The molecule has 3 N–H and O–H groups in total. The minimum Gasteiger partial charge on any atom is -0.481 e. The molecule has 0 saturated carbocycles. The minimum absolute atomic E-state index is 0.452. The molecule has 3 heteroatoms. The Morgan fingerprint density at radius 1 is 1.46 bits per heavy atom. The average molecular weight is 179 g/mol. The molecule has 0 heterocycles. The van der Waals surface area contributed by atoms with Gasteiger partial charge in [-0.1, -0.05) is 24.3 Å². The molecule has 1 atom stereocenters. The van der Waals surface area contributed by atoms with Gasteiger partial charge in [-0.3, -0.25) is 4.79 Å². The molecule has 0 bridgehead atoms. The highest BCUT2D eigenvalue weighted by Gasteiger charge is 2.12. The zero-order valence-corrected chi connectivity index (χ0v) is 7.53. The third kappa shape index (κ3) is 2.29. The fraction of sp³-hybridized carbons (Fsp3) is 0.300. The van der Waals surface area contributed by atoms with Crippen molar-refractivity contribution in [3.05, 3.63) is 35.4 Å². The molecule has 1 unspecified atom stereocenters. The first-order chi connectivity index (χ1) is 6.15. The average Bonchev–Trinajstić information content (AvgIpc) is 2.17. The first-order valence-corrected chi connectivity index (χ1v) is 4.17. The largest absolute Gasteiger partial charge is 0.481 e. The maximum atomic E-state index is 10.6. The van der Waals surface area contributed by atoms with Gasteiger partial charge in [0, 0.05) is 6.54 Å². The van der Waals surface area contributed by atoms with Crippen LogP contribution in [0.2, 0.25) is 0 Å². The van der Waals surface area contributed by atoms with Gasteiger partial charge in [0.2, 0.25) is 0 Å². The van der Waals surface area contributed by atoms with Crippen LogP contribution in [0.5, 0.6) is 0 Å². The summed E-state index contributed by atoms with van der Waals surface area (Å²) in [7, 11) is 0. The van der Waals surface area contributed by atoms with Gasteiger partial charge in [0.1, 0.15) is 0 Å². The van der Waals surface area contributed by atoms with E-state index >= 15 is 0 Å². The lowest BCUT2D eigenvalue weighted by molar-refractivity contribution is -0.138. The SMILES string of the molecule is CC(C(=O)O)c1ccc(CN)cc1. The van der Waals surface area contributed by atoms with Gasteiger partial charge in [-0.25, -0.2) is 0 Å². The highest BCUT2D eigenvalue weighted by molar-refractivity contribution is 5.75. The summed E-state index contributed by atoms with van der Waals surface area (Å²) in [6.07, 6.45) is 0. The van der Waals surface area contributed by atoms with Crippen molar-refractivity contribution < 1.29 is 9.90 Å². The van der Waals surface area contributed by atoms with Crippen molar-refractivity contribution in [2.24, 2.45) is 5.73 Å². The molecule has 0 aliphatic heterocycles. The van der Waals surface area contributed by atoms with Crippen LogP contribution in [0.4, 0.5) is 0 Å². The molecule has 0 aliphatic rings. The summed E-state index contributed by atoms with van der Waals surface area (Å²) in [6, 6.07) is 7.32. The van der Waals surface area contributed by atoms with Crippen molar-refractivity contribution in [2.45, 2.75) is 19.4 Å². The molecule has 0 saturated heterocycles. The number of hydrogen-bond acceptors (Lipinski definition) is 2. The van der Waals surface area contributed by atoms with Crippen LogP contribution in [-0.4, -0.2) is 11.1 Å². The standard InChI is InChI=1S/C10H13NO2/c1-7(10(12)13)9-4-2-8(6-11)3-5-9/h2-5,7H,6,11H2,1H3,(H,12,13). The van der Waals surface area contributed by atoms with E-state index in [-0.39, 0.29) is 0 Å². The van der Waals surface area contributed by atoms with Crippen molar-refractivity contribution >= 4 is 5.97 Å². The maximum absolute atomic E-state index is 10.6. The number of nitrogens with two attached hydrogens (primary N) is 1. The minimum atomic E-state index is -0.805. The van der Waals surface area contributed by atoms with E-state index in [0.717, 1.165) is 11.1 Å². The van der Waals surface area contributed by atoms with Crippen LogP contribution in [0, 0.1) is 0 Å². The predicted octanol–water partition coefficient (Wildman–Crippen LogP) is 1.33. The molecule has 3 nitrogen and oxygen atoms in total. The third-order valence-corrected chi connectivity index (χ3v) is 2.09. The number of carbonyl (C=O) groups is 1. The summed E-state index contributed by atoms with van der Waals surface area (Å²) in [5.41, 5.74) is 7.24. The molecule has 0 radical (unpaired) electrons. The van der Waals surface area contributed by atoms with Crippen LogP contribution in [0.3, 0.4) is 0 Å². The van der Waals surface area contributed by atoms with E-state index in [4.69, 9.17) is 10.8 Å². The normalized spacial score (nSPS) is 12.5. The number of benzene rings is 1. The van der Waals surface area contributed by atoms with E-state index in [1.165, 1.54) is 0 Å². The van der Waals surface area contributed by atoms with Crippen molar-refractivity contribution in [3.8, 4) is 0 Å². The molecule has 0 fully saturated rings. The molecule has 13 heavy (non-hydrogen) atoms. The van der Waals surface area contributed by atoms with Gasteiger partial charge >= 0.3 is 5.97 Å². The van der Waals surface area contributed by atoms with Crippen LogP contribution >= 0.6 is 0 Å². The number of carboxylic acids is 1. The monoisotopic (exact) mass is 179 g/mol. The van der Waals surface area contributed by atoms with Crippen LogP contribution in [-0.2, 0) is 11.3 Å². The van der Waals surface area contributed by atoms with E-state index in [0.29, 0.717) is 6.54 Å². The predicted molar refractivity (Wildman–Crippen MR) is 50.4 cm³/mol. The number of rotatable bonds is 3. The first-order valence-electron chi connectivity index (χ1n) is 4.17. The Balaban J connectivity index is 2.85. The Kier molecular flexibility index (Phi) is 3.03. The van der Waals surface area contributed by atoms with E-state index in [1.54, 1.807) is 19.1 Å². The van der Waals surface area contributed by atoms with E-state index in [9.17, 15) is 4.79 Å². The van der Waals surface area contributed by atoms with Crippen LogP contribution in [0.25, 0.3) is 0 Å². The Bertz CT molecular complexity index is 292. The zero-order valence-electron chi connectivity index (χ0n) is 7.53. The highest BCUT2D eigenvalue weighted by Crippen LogP contribution is 2.15. The van der Waals surface area contributed by atoms with E-state index in [1.807, 2.05) is 12.1 Å². The maximum Gasteiger partial charge on any atom is 0.310 e. The molecule has 0 aliphatic carbocycles. The summed E-state index contributed by atoms with van der Waals surface area (Å²) in [6.45, 7) is 2.15. The number of hydrogen-bond donors (Lipinski definition) is 2. The van der Waals surface area contributed by atoms with Crippen LogP contribution < -0.4 is 5.73 Å². The topological polar surface area (TPSA) is 63.3 Å². The third-order valence-electron chi connectivity index (χ3n) is 2.09. The van der Waals surface area contributed by atoms with Gasteiger partial charge in [-0.2, -0.15) is 0 Å². The molecule has 0 amide bonds. The fourth-order valence-corrected chi connectivity index (χ4v) is 1.08. The van der Waals surface area contributed by atoms with Gasteiger partial charge in [0.25, 0.3) is 0 Å². The molecule has 0 spiro atoms. The summed E-state index contributed by atoms with van der Waals surface area (Å²) in [4.78, 5) is 10.6. The fourth-order valence-electron chi connectivity index (χ4n) is 1.08. The second-order valence-corrected chi connectivity index (χ2v) is 3.01. The van der Waals surface area contributed by atoms with Gasteiger partial charge in [0.15, 0.2) is 0 Å². The lowest BCUT2D eigenvalue weighted by Gasteiger charge is -2.06. The first kappa shape index (κ1) is 9.74. The van der Waals surface area contributed by atoms with Crippen molar-refractivity contribution in [3.63, 3.8) is 0 Å². The van der Waals surface area contributed by atoms with Gasteiger partial charge in [0.05, 0.1) is 5.92 Å². The summed E-state index contributed by atoms with van der Waals surface area (Å²) in [5.74, 6) is -1.26. The van der Waals surface area contributed by atoms with Crippen molar-refractivity contribution in [1.29, 1.82) is 0 Å². The smallest absolute Gasteiger partial charge is 0.310 e. The highest BCUT2D eigenvalue weighted by atomic mass is 16.4. The quantitative estimate of drug-likeness (QED) is 0.735. The molecule has 1 rings (SSSR count). The molecular weight excluding hydrogens is 166 g/mol. The lowest BCUT2D eigenvalue weighted by Crippen LogP contribution is -2.07. The second-order valence-electron chi connectivity index (χ2n) is 3.01. The van der Waals surface area contributed by atoms with Crippen molar-refractivity contribution in [1.82, 2.24) is 0 Å². The van der Waals surface area contributed by atoms with Crippen molar-refractivity contribution in [2.75, 3.05) is 0 Å². The van der Waals surface area contributed by atoms with E-state index in [2.05, 4.69) is 0 Å². The van der Waals surface area contributed by atoms with E-state index < -0.39 is 11.9 Å². The Morgan fingerprint density at radius 3 is 2.38 bits per heavy atom. The van der Waals surface area contributed by atoms with Gasteiger partial charge in [-0.15, -0.1) is 0 Å². The Hall–Kier alpha value is -1.35. The lowest BCUT2D eigenvalue weighted by atomic mass is 10.0. The Labute approximate surface area is 77.2 Å². The number of carboxylic acid groups (broad SMARTS) is 1. The molecule has 0 aromatic heterocycles. The van der Waals surface area contributed by atoms with Crippen LogP contribution in [0.1, 0.15) is 24.0 Å². The summed E-state index contributed by atoms with van der Waals surface area (Å²) >= 11 is 0.